The fourth-order valence-electron chi connectivity index (χ4n) is 3.53. The standard InChI is InChI=1S/C19H22N6O2/c26-19(27)18-15(12-20-23-18)13-24-9-8-17-22-21-16(25(17)11-10-24)7-6-14-4-2-1-3-5-14/h1-5,12H,6-11,13H2,(H,20,23)(H,26,27). The lowest BCUT2D eigenvalue weighted by atomic mass is 10.1. The van der Waals surface area contributed by atoms with E-state index in [1.54, 1.807) is 6.20 Å². The average Bonchev–Trinajstić information content (AvgIpc) is 3.24. The van der Waals surface area contributed by atoms with Crippen LogP contribution >= 0.6 is 0 Å². The maximum absolute atomic E-state index is 11.3. The molecule has 0 saturated heterocycles. The second-order valence-electron chi connectivity index (χ2n) is 6.77. The highest BCUT2D eigenvalue weighted by atomic mass is 16.4. The van der Waals surface area contributed by atoms with E-state index in [1.807, 2.05) is 6.07 Å². The summed E-state index contributed by atoms with van der Waals surface area (Å²) in [5.74, 6) is 1.05. The van der Waals surface area contributed by atoms with Gasteiger partial charge >= 0.3 is 5.97 Å². The molecule has 0 bridgehead atoms. The Kier molecular flexibility index (Phi) is 4.97. The molecular formula is C19H22N6O2. The van der Waals surface area contributed by atoms with Crippen LogP contribution in [0.2, 0.25) is 0 Å². The summed E-state index contributed by atoms with van der Waals surface area (Å²) in [5, 5.41) is 24.4. The quantitative estimate of drug-likeness (QED) is 0.686. The largest absolute Gasteiger partial charge is 0.477 e. The maximum Gasteiger partial charge on any atom is 0.354 e. The number of carbonyl (C=O) groups is 1. The number of carboxylic acid groups (broad SMARTS) is 1. The number of fused-ring (bicyclic) bond motifs is 1. The smallest absolute Gasteiger partial charge is 0.354 e. The fraction of sp³-hybridized carbons (Fsp3) is 0.368. The van der Waals surface area contributed by atoms with Crippen molar-refractivity contribution >= 4 is 5.97 Å². The van der Waals surface area contributed by atoms with Crippen LogP contribution in [0.1, 0.15) is 33.3 Å². The van der Waals surface area contributed by atoms with Crippen molar-refractivity contribution in [3.8, 4) is 0 Å². The van der Waals surface area contributed by atoms with Gasteiger partial charge in [-0.2, -0.15) is 5.10 Å². The lowest BCUT2D eigenvalue weighted by molar-refractivity contribution is 0.0688. The Bertz CT molecular complexity index is 917. The molecule has 27 heavy (non-hydrogen) atoms. The number of hydrogen-bond donors (Lipinski definition) is 2. The molecule has 4 rings (SSSR count). The molecule has 1 aromatic carbocycles. The van der Waals surface area contributed by atoms with E-state index in [4.69, 9.17) is 0 Å². The topological polar surface area (TPSA) is 99.9 Å². The van der Waals surface area contributed by atoms with Crippen LogP contribution < -0.4 is 0 Å². The maximum atomic E-state index is 11.3. The minimum atomic E-state index is -0.974. The molecule has 2 aromatic heterocycles. The summed E-state index contributed by atoms with van der Waals surface area (Å²) < 4.78 is 2.22. The lowest BCUT2D eigenvalue weighted by Gasteiger charge is -2.19. The molecule has 8 heteroatoms. The summed E-state index contributed by atoms with van der Waals surface area (Å²) in [7, 11) is 0. The van der Waals surface area contributed by atoms with Crippen LogP contribution in [0, 0.1) is 0 Å². The molecule has 2 N–H and O–H groups in total. The van der Waals surface area contributed by atoms with Gasteiger partial charge in [0.15, 0.2) is 0 Å². The molecule has 0 saturated carbocycles. The molecule has 0 spiro atoms. The van der Waals surface area contributed by atoms with E-state index in [0.717, 1.165) is 50.5 Å². The van der Waals surface area contributed by atoms with Gasteiger partial charge in [0.05, 0.1) is 6.20 Å². The Morgan fingerprint density at radius 2 is 1.96 bits per heavy atom. The van der Waals surface area contributed by atoms with Crippen molar-refractivity contribution in [2.75, 3.05) is 13.1 Å². The second-order valence-corrected chi connectivity index (χ2v) is 6.77. The van der Waals surface area contributed by atoms with Crippen molar-refractivity contribution in [1.29, 1.82) is 0 Å². The number of aromatic carboxylic acids is 1. The van der Waals surface area contributed by atoms with Gasteiger partial charge in [0.2, 0.25) is 0 Å². The molecule has 0 aliphatic carbocycles. The van der Waals surface area contributed by atoms with Gasteiger partial charge in [-0.3, -0.25) is 10.00 Å². The fourth-order valence-corrected chi connectivity index (χ4v) is 3.53. The van der Waals surface area contributed by atoms with Crippen molar-refractivity contribution < 1.29 is 9.90 Å². The monoisotopic (exact) mass is 366 g/mol. The van der Waals surface area contributed by atoms with Gasteiger partial charge < -0.3 is 9.67 Å². The zero-order valence-electron chi connectivity index (χ0n) is 15.0. The number of H-pyrrole nitrogens is 1. The summed E-state index contributed by atoms with van der Waals surface area (Å²) in [6.45, 7) is 3.02. The molecule has 0 radical (unpaired) electrons. The number of rotatable bonds is 6. The number of hydrogen-bond acceptors (Lipinski definition) is 5. The molecule has 3 heterocycles. The minimum absolute atomic E-state index is 0.169. The van der Waals surface area contributed by atoms with Crippen molar-refractivity contribution in [3.63, 3.8) is 0 Å². The highest BCUT2D eigenvalue weighted by molar-refractivity contribution is 5.86. The first-order valence-corrected chi connectivity index (χ1v) is 9.13. The van der Waals surface area contributed by atoms with E-state index in [9.17, 15) is 9.90 Å². The van der Waals surface area contributed by atoms with Crippen molar-refractivity contribution in [1.82, 2.24) is 29.9 Å². The molecule has 1 aliphatic heterocycles. The van der Waals surface area contributed by atoms with E-state index in [0.29, 0.717) is 12.1 Å². The molecule has 0 amide bonds. The third kappa shape index (κ3) is 3.90. The van der Waals surface area contributed by atoms with E-state index in [1.165, 1.54) is 5.56 Å². The summed E-state index contributed by atoms with van der Waals surface area (Å²) in [5.41, 5.74) is 2.18. The molecule has 1 aliphatic rings. The van der Waals surface area contributed by atoms with Crippen molar-refractivity contribution in [2.45, 2.75) is 32.4 Å². The normalized spacial score (nSPS) is 14.7. The van der Waals surface area contributed by atoms with Gasteiger partial charge in [0.25, 0.3) is 0 Å². The highest BCUT2D eigenvalue weighted by Gasteiger charge is 2.21. The number of aromatic amines is 1. The summed E-state index contributed by atoms with van der Waals surface area (Å²) in [6.07, 6.45) is 4.21. The highest BCUT2D eigenvalue weighted by Crippen LogP contribution is 2.15. The molecule has 8 nitrogen and oxygen atoms in total. The number of aromatic nitrogens is 5. The number of carboxylic acids is 1. The number of aryl methyl sites for hydroxylation is 2. The van der Waals surface area contributed by atoms with Gasteiger partial charge in [0.1, 0.15) is 17.3 Å². The van der Waals surface area contributed by atoms with Crippen LogP contribution in [0.4, 0.5) is 0 Å². The Morgan fingerprint density at radius 3 is 2.78 bits per heavy atom. The van der Waals surface area contributed by atoms with Crippen molar-refractivity contribution in [3.05, 3.63) is 65.0 Å². The summed E-state index contributed by atoms with van der Waals surface area (Å²) in [4.78, 5) is 13.5. The van der Waals surface area contributed by atoms with Crippen LogP contribution in [0.15, 0.2) is 36.5 Å². The van der Waals surface area contributed by atoms with Gasteiger partial charge in [-0.05, 0) is 12.0 Å². The third-order valence-electron chi connectivity index (χ3n) is 5.00. The van der Waals surface area contributed by atoms with Gasteiger partial charge in [-0.1, -0.05) is 30.3 Å². The van der Waals surface area contributed by atoms with Crippen LogP contribution in [-0.2, 0) is 32.4 Å². The van der Waals surface area contributed by atoms with Crippen LogP contribution in [-0.4, -0.2) is 54.0 Å². The molecule has 0 fully saturated rings. The minimum Gasteiger partial charge on any atom is -0.477 e. The molecule has 3 aromatic rings. The lowest BCUT2D eigenvalue weighted by Crippen LogP contribution is -2.27. The third-order valence-corrected chi connectivity index (χ3v) is 5.00. The first-order valence-electron chi connectivity index (χ1n) is 9.13. The van der Waals surface area contributed by atoms with E-state index < -0.39 is 5.97 Å². The second kappa shape index (κ2) is 7.71. The SMILES string of the molecule is O=C(O)c1[nH]ncc1CN1CCc2nnc(CCc3ccccc3)n2CC1. The van der Waals surface area contributed by atoms with E-state index in [-0.39, 0.29) is 5.69 Å². The van der Waals surface area contributed by atoms with Gasteiger partial charge in [0, 0.05) is 44.6 Å². The summed E-state index contributed by atoms with van der Waals surface area (Å²) in [6, 6.07) is 10.4. The van der Waals surface area contributed by atoms with Crippen LogP contribution in [0.25, 0.3) is 0 Å². The predicted octanol–water partition coefficient (Wildman–Crippen LogP) is 1.54. The first-order chi connectivity index (χ1) is 13.2. The molecule has 0 atom stereocenters. The Balaban J connectivity index is 1.40. The predicted molar refractivity (Wildman–Crippen MR) is 98.4 cm³/mol. The Hall–Kier alpha value is -3.00. The zero-order chi connectivity index (χ0) is 18.6. The molecule has 140 valence electrons. The number of nitrogens with one attached hydrogen (secondary N) is 1. The van der Waals surface area contributed by atoms with Crippen molar-refractivity contribution in [2.24, 2.45) is 0 Å². The number of benzene rings is 1. The molecular weight excluding hydrogens is 344 g/mol. The van der Waals surface area contributed by atoms with Gasteiger partial charge in [-0.15, -0.1) is 10.2 Å². The van der Waals surface area contributed by atoms with Gasteiger partial charge in [-0.25, -0.2) is 4.79 Å². The Labute approximate surface area is 156 Å². The first kappa shape index (κ1) is 17.4. The summed E-state index contributed by atoms with van der Waals surface area (Å²) >= 11 is 0. The van der Waals surface area contributed by atoms with E-state index >= 15 is 0 Å². The average molecular weight is 366 g/mol. The van der Waals surface area contributed by atoms with Crippen LogP contribution in [0.3, 0.4) is 0 Å². The van der Waals surface area contributed by atoms with E-state index in [2.05, 4.69) is 54.1 Å². The Morgan fingerprint density at radius 1 is 1.11 bits per heavy atom. The number of nitrogens with zero attached hydrogens (tertiary/aromatic N) is 5. The zero-order valence-corrected chi connectivity index (χ0v) is 15.0. The molecule has 0 unspecified atom stereocenters. The van der Waals surface area contributed by atoms with Crippen LogP contribution in [0.5, 0.6) is 0 Å².